The van der Waals surface area contributed by atoms with Crippen LogP contribution in [-0.4, -0.2) is 57.9 Å². The third kappa shape index (κ3) is 5.03. The fourth-order valence-electron chi connectivity index (χ4n) is 2.29. The highest BCUT2D eigenvalue weighted by atomic mass is 32.1. The minimum Gasteiger partial charge on any atom is -0.354 e. The number of halogens is 3. The molecule has 2 N–H and O–H groups in total. The van der Waals surface area contributed by atoms with Gasteiger partial charge in [0, 0.05) is 19.0 Å². The molecule has 130 valence electrons. The number of aromatic nitrogens is 3. The number of amides is 1. The Morgan fingerprint density at radius 3 is 2.78 bits per heavy atom. The quantitative estimate of drug-likeness (QED) is 0.736. The molecule has 0 aromatic carbocycles. The van der Waals surface area contributed by atoms with Crippen molar-refractivity contribution in [3.05, 3.63) is 10.6 Å². The summed E-state index contributed by atoms with van der Waals surface area (Å²) in [5.41, 5.74) is 0. The standard InChI is InChI=1S/C13H20F3N5OS/c1-8(20(2)7-13(14,15)16)11(22)17-6-5-10-18-19-12(23)21(10)9-3-4-9/h8-9H,3-7H2,1-2H3,(H,17,22)(H,19,23). The molecule has 1 aliphatic rings. The van der Waals surface area contributed by atoms with Crippen molar-refractivity contribution in [3.63, 3.8) is 0 Å². The molecule has 1 unspecified atom stereocenters. The fourth-order valence-corrected chi connectivity index (χ4v) is 2.59. The summed E-state index contributed by atoms with van der Waals surface area (Å²) in [6.45, 7) is 0.624. The van der Waals surface area contributed by atoms with Crippen molar-refractivity contribution >= 4 is 18.1 Å². The van der Waals surface area contributed by atoms with E-state index in [0.29, 0.717) is 23.8 Å². The van der Waals surface area contributed by atoms with Crippen molar-refractivity contribution < 1.29 is 18.0 Å². The van der Waals surface area contributed by atoms with E-state index in [1.165, 1.54) is 14.0 Å². The lowest BCUT2D eigenvalue weighted by atomic mass is 10.2. The van der Waals surface area contributed by atoms with Gasteiger partial charge in [-0.25, -0.2) is 0 Å². The number of likely N-dealkylation sites (N-methyl/N-ethyl adjacent to an activating group) is 1. The Labute approximate surface area is 137 Å². The van der Waals surface area contributed by atoms with E-state index >= 15 is 0 Å². The number of hydrogen-bond donors (Lipinski definition) is 2. The Kier molecular flexibility index (Phi) is 5.45. The molecule has 1 heterocycles. The fraction of sp³-hybridized carbons (Fsp3) is 0.769. The average Bonchev–Trinajstić information content (AvgIpc) is 3.20. The first-order valence-electron chi connectivity index (χ1n) is 7.39. The second kappa shape index (κ2) is 7.00. The van der Waals surface area contributed by atoms with Crippen LogP contribution in [0.3, 0.4) is 0 Å². The lowest BCUT2D eigenvalue weighted by molar-refractivity contribution is -0.151. The summed E-state index contributed by atoms with van der Waals surface area (Å²) >= 11 is 5.16. The van der Waals surface area contributed by atoms with Crippen LogP contribution >= 0.6 is 12.2 Å². The van der Waals surface area contributed by atoms with Crippen LogP contribution in [0.2, 0.25) is 0 Å². The molecule has 1 fully saturated rings. The van der Waals surface area contributed by atoms with Crippen molar-refractivity contribution in [3.8, 4) is 0 Å². The first-order valence-corrected chi connectivity index (χ1v) is 7.80. The highest BCUT2D eigenvalue weighted by Crippen LogP contribution is 2.35. The molecule has 6 nitrogen and oxygen atoms in total. The maximum Gasteiger partial charge on any atom is 0.401 e. The Balaban J connectivity index is 1.82. The van der Waals surface area contributed by atoms with Gasteiger partial charge in [0.15, 0.2) is 4.77 Å². The molecule has 1 aromatic rings. The summed E-state index contributed by atoms with van der Waals surface area (Å²) in [6.07, 6.45) is -1.72. The molecule has 0 radical (unpaired) electrons. The Hall–Kier alpha value is -1.42. The molecule has 2 rings (SSSR count). The second-order valence-electron chi connectivity index (χ2n) is 5.79. The van der Waals surface area contributed by atoms with Gasteiger partial charge in [-0.2, -0.15) is 18.3 Å². The minimum absolute atomic E-state index is 0.301. The first-order chi connectivity index (χ1) is 10.7. The van der Waals surface area contributed by atoms with Crippen molar-refractivity contribution in [2.75, 3.05) is 20.1 Å². The predicted molar refractivity (Wildman–Crippen MR) is 80.5 cm³/mol. The number of hydrogen-bond acceptors (Lipinski definition) is 4. The average molecular weight is 351 g/mol. The van der Waals surface area contributed by atoms with Gasteiger partial charge in [0.2, 0.25) is 5.91 Å². The molecule has 1 amide bonds. The molecule has 1 saturated carbocycles. The highest BCUT2D eigenvalue weighted by molar-refractivity contribution is 7.71. The van der Waals surface area contributed by atoms with E-state index in [2.05, 4.69) is 15.5 Å². The van der Waals surface area contributed by atoms with Gasteiger partial charge in [0.05, 0.1) is 12.6 Å². The van der Waals surface area contributed by atoms with Crippen LogP contribution in [0, 0.1) is 4.77 Å². The monoisotopic (exact) mass is 351 g/mol. The number of rotatable bonds is 7. The number of aromatic amines is 1. The SMILES string of the molecule is CC(C(=O)NCCc1n[nH]c(=S)n1C1CC1)N(C)CC(F)(F)F. The number of nitrogens with zero attached hydrogens (tertiary/aromatic N) is 3. The summed E-state index contributed by atoms with van der Waals surface area (Å²) < 4.78 is 39.5. The number of H-pyrrole nitrogens is 1. The van der Waals surface area contributed by atoms with Gasteiger partial charge in [0.25, 0.3) is 0 Å². The molecule has 23 heavy (non-hydrogen) atoms. The molecular formula is C13H20F3N5OS. The molecule has 1 aromatic heterocycles. The number of nitrogens with one attached hydrogen (secondary N) is 2. The van der Waals surface area contributed by atoms with E-state index < -0.39 is 24.7 Å². The zero-order chi connectivity index (χ0) is 17.2. The van der Waals surface area contributed by atoms with Crippen LogP contribution < -0.4 is 5.32 Å². The van der Waals surface area contributed by atoms with Gasteiger partial charge in [0.1, 0.15) is 5.82 Å². The number of carbonyl (C=O) groups excluding carboxylic acids is 1. The van der Waals surface area contributed by atoms with Crippen molar-refractivity contribution in [1.29, 1.82) is 0 Å². The van der Waals surface area contributed by atoms with Crippen LogP contribution in [0.15, 0.2) is 0 Å². The van der Waals surface area contributed by atoms with E-state index in [4.69, 9.17) is 12.2 Å². The Bertz CT molecular complexity index is 607. The van der Waals surface area contributed by atoms with Crippen molar-refractivity contribution in [1.82, 2.24) is 25.0 Å². The van der Waals surface area contributed by atoms with Gasteiger partial charge in [-0.1, -0.05) is 0 Å². The van der Waals surface area contributed by atoms with Gasteiger partial charge < -0.3 is 9.88 Å². The minimum atomic E-state index is -4.33. The topological polar surface area (TPSA) is 66.0 Å². The Morgan fingerprint density at radius 1 is 1.57 bits per heavy atom. The number of carbonyl (C=O) groups is 1. The van der Waals surface area contributed by atoms with E-state index in [0.717, 1.165) is 23.6 Å². The third-order valence-corrected chi connectivity index (χ3v) is 4.09. The molecular weight excluding hydrogens is 331 g/mol. The van der Waals surface area contributed by atoms with Gasteiger partial charge >= 0.3 is 6.18 Å². The second-order valence-corrected chi connectivity index (χ2v) is 6.18. The summed E-state index contributed by atoms with van der Waals surface area (Å²) in [6, 6.07) is -0.482. The molecule has 0 aliphatic heterocycles. The van der Waals surface area contributed by atoms with E-state index in [1.807, 2.05) is 4.57 Å². The lowest BCUT2D eigenvalue weighted by Crippen LogP contribution is -2.46. The summed E-state index contributed by atoms with van der Waals surface area (Å²) in [7, 11) is 1.27. The molecule has 1 aliphatic carbocycles. The predicted octanol–water partition coefficient (Wildman–Crippen LogP) is 1.82. The van der Waals surface area contributed by atoms with Crippen LogP contribution in [0.5, 0.6) is 0 Å². The lowest BCUT2D eigenvalue weighted by Gasteiger charge is -2.24. The van der Waals surface area contributed by atoms with Gasteiger partial charge in [-0.3, -0.25) is 14.8 Å². The zero-order valence-corrected chi connectivity index (χ0v) is 13.8. The van der Waals surface area contributed by atoms with Crippen LogP contribution in [0.1, 0.15) is 31.6 Å². The maximum atomic E-state index is 12.3. The zero-order valence-electron chi connectivity index (χ0n) is 13.0. The van der Waals surface area contributed by atoms with Crippen molar-refractivity contribution in [2.45, 2.75) is 44.4 Å². The molecule has 10 heteroatoms. The summed E-state index contributed by atoms with van der Waals surface area (Å²) in [5.74, 6) is 0.318. The first kappa shape index (κ1) is 17.9. The van der Waals surface area contributed by atoms with Crippen LogP contribution in [0.25, 0.3) is 0 Å². The van der Waals surface area contributed by atoms with Crippen LogP contribution in [-0.2, 0) is 11.2 Å². The van der Waals surface area contributed by atoms with E-state index in [-0.39, 0.29) is 0 Å². The molecule has 0 spiro atoms. The van der Waals surface area contributed by atoms with E-state index in [1.54, 1.807) is 0 Å². The smallest absolute Gasteiger partial charge is 0.354 e. The highest BCUT2D eigenvalue weighted by Gasteiger charge is 2.32. The third-order valence-electron chi connectivity index (χ3n) is 3.81. The molecule has 1 atom stereocenters. The van der Waals surface area contributed by atoms with E-state index in [9.17, 15) is 18.0 Å². The summed E-state index contributed by atoms with van der Waals surface area (Å²) in [4.78, 5) is 12.9. The normalized spacial score (nSPS) is 16.6. The summed E-state index contributed by atoms with van der Waals surface area (Å²) in [5, 5.41) is 9.52. The Morgan fingerprint density at radius 2 is 2.22 bits per heavy atom. The molecule has 0 bridgehead atoms. The van der Waals surface area contributed by atoms with Crippen LogP contribution in [0.4, 0.5) is 13.2 Å². The van der Waals surface area contributed by atoms with Gasteiger partial charge in [-0.15, -0.1) is 0 Å². The van der Waals surface area contributed by atoms with Gasteiger partial charge in [-0.05, 0) is 39.0 Å². The largest absolute Gasteiger partial charge is 0.401 e. The molecule has 0 saturated heterocycles. The maximum absolute atomic E-state index is 12.3. The van der Waals surface area contributed by atoms with Crippen molar-refractivity contribution in [2.24, 2.45) is 0 Å². The number of alkyl halides is 3.